The first-order valence-corrected chi connectivity index (χ1v) is 10.8. The Bertz CT molecular complexity index is 1400. The van der Waals surface area contributed by atoms with Crippen molar-refractivity contribution in [2.45, 2.75) is 0 Å². The standard InChI is InChI=1S/4C6HF5.BO3.3Na/c4*7-2-1-3(8)5(10)6(11)4(2)9;2-1(3)4;;;/h4*1H;;;;/q;;;;-3;3*+1. The summed E-state index contributed by atoms with van der Waals surface area (Å²) in [5.41, 5.74) is 0. The van der Waals surface area contributed by atoms with Gasteiger partial charge in [-0.05, 0) is 0 Å². The van der Waals surface area contributed by atoms with Gasteiger partial charge in [-0.1, -0.05) is 0 Å². The van der Waals surface area contributed by atoms with Crippen LogP contribution in [-0.4, -0.2) is 7.32 Å². The third kappa shape index (κ3) is 17.0. The monoisotopic (exact) mass is 800 g/mol. The first-order valence-electron chi connectivity index (χ1n) is 10.8. The van der Waals surface area contributed by atoms with E-state index in [1.54, 1.807) is 0 Å². The predicted molar refractivity (Wildman–Crippen MR) is 111 cm³/mol. The van der Waals surface area contributed by atoms with Gasteiger partial charge < -0.3 is 15.1 Å². The van der Waals surface area contributed by atoms with Gasteiger partial charge in [0.05, 0.1) is 0 Å². The van der Waals surface area contributed by atoms with Crippen LogP contribution in [0.25, 0.3) is 0 Å². The Balaban J connectivity index is -0.000000273. The zero-order valence-electron chi connectivity index (χ0n) is 24.7. The summed E-state index contributed by atoms with van der Waals surface area (Å²) in [4.78, 5) is 0. The molecule has 0 unspecified atom stereocenters. The van der Waals surface area contributed by atoms with Crippen molar-refractivity contribution in [3.8, 4) is 0 Å². The SMILES string of the molecule is Fc1cc(F)c(F)c(F)c1F.Fc1cc(F)c(F)c(F)c1F.Fc1cc(F)c(F)c(F)c1F.Fc1cc(F)c(F)c(F)c1F.[Na+].[Na+].[Na+].[O-]B([O-])[O-]. The van der Waals surface area contributed by atoms with Gasteiger partial charge in [0.15, 0.2) is 93.1 Å². The second-order valence-corrected chi connectivity index (χ2v) is 7.42. The summed E-state index contributed by atoms with van der Waals surface area (Å²) in [5.74, 6) is -38.6. The van der Waals surface area contributed by atoms with Crippen LogP contribution < -0.4 is 104 Å². The summed E-state index contributed by atoms with van der Waals surface area (Å²) in [6.07, 6.45) is 0. The van der Waals surface area contributed by atoms with Crippen molar-refractivity contribution in [3.05, 3.63) is 141 Å². The summed E-state index contributed by atoms with van der Waals surface area (Å²) < 4.78 is 240. The first-order chi connectivity index (χ1) is 21.9. The summed E-state index contributed by atoms with van der Waals surface area (Å²) >= 11 is 0. The molecule has 3 nitrogen and oxygen atoms in total. The smallest absolute Gasteiger partial charge is 0.907 e. The molecule has 0 aromatic heterocycles. The zero-order chi connectivity index (χ0) is 38.0. The van der Waals surface area contributed by atoms with Crippen molar-refractivity contribution < 1.29 is 192 Å². The molecule has 0 N–H and O–H groups in total. The molecular formula is C24H4BF20Na3O3. The number of hydrogen-bond acceptors (Lipinski definition) is 3. The van der Waals surface area contributed by atoms with E-state index < -0.39 is 124 Å². The topological polar surface area (TPSA) is 69.2 Å². The van der Waals surface area contributed by atoms with Gasteiger partial charge in [-0.15, -0.1) is 0 Å². The minimum atomic E-state index is -2.92. The molecule has 0 bridgehead atoms. The van der Waals surface area contributed by atoms with Crippen LogP contribution in [0, 0.1) is 116 Å². The van der Waals surface area contributed by atoms with Gasteiger partial charge in [-0.3, -0.25) is 7.32 Å². The van der Waals surface area contributed by atoms with Crippen molar-refractivity contribution in [1.82, 2.24) is 0 Å². The van der Waals surface area contributed by atoms with E-state index in [9.17, 15) is 87.8 Å². The fourth-order valence-corrected chi connectivity index (χ4v) is 2.18. The Labute approximate surface area is 336 Å². The third-order valence-corrected chi connectivity index (χ3v) is 4.23. The number of halogens is 20. The summed E-state index contributed by atoms with van der Waals surface area (Å²) in [6, 6.07) is -0.247. The van der Waals surface area contributed by atoms with E-state index in [0.717, 1.165) is 0 Å². The van der Waals surface area contributed by atoms with Crippen LogP contribution in [0.15, 0.2) is 24.3 Å². The molecular weight excluding hydrogens is 796 g/mol. The van der Waals surface area contributed by atoms with Gasteiger partial charge in [0.1, 0.15) is 0 Å². The van der Waals surface area contributed by atoms with E-state index in [-0.39, 0.29) is 113 Å². The summed E-state index contributed by atoms with van der Waals surface area (Å²) in [7, 11) is -2.92. The average molecular weight is 800 g/mol. The van der Waals surface area contributed by atoms with Crippen LogP contribution in [0.1, 0.15) is 0 Å². The van der Waals surface area contributed by atoms with E-state index in [4.69, 9.17) is 15.1 Å². The van der Waals surface area contributed by atoms with Crippen molar-refractivity contribution in [2.24, 2.45) is 0 Å². The molecule has 0 saturated heterocycles. The fourth-order valence-electron chi connectivity index (χ4n) is 2.18. The number of hydrogen-bond donors (Lipinski definition) is 0. The van der Waals surface area contributed by atoms with E-state index in [2.05, 4.69) is 0 Å². The van der Waals surface area contributed by atoms with Gasteiger partial charge in [-0.2, -0.15) is 0 Å². The van der Waals surface area contributed by atoms with Gasteiger partial charge in [-0.25, -0.2) is 87.8 Å². The Hall–Kier alpha value is -1.58. The van der Waals surface area contributed by atoms with Crippen LogP contribution in [0.2, 0.25) is 0 Å². The van der Waals surface area contributed by atoms with Crippen molar-refractivity contribution in [3.63, 3.8) is 0 Å². The van der Waals surface area contributed by atoms with Crippen LogP contribution in [0.3, 0.4) is 0 Å². The van der Waals surface area contributed by atoms with Crippen LogP contribution in [0.5, 0.6) is 0 Å². The Kier molecular flexibility index (Phi) is 28.0. The molecule has 0 aliphatic heterocycles. The molecule has 0 heterocycles. The molecule has 0 fully saturated rings. The van der Waals surface area contributed by atoms with Gasteiger partial charge in [0.25, 0.3) is 0 Å². The summed E-state index contributed by atoms with van der Waals surface area (Å²) in [6.45, 7) is 0. The average Bonchev–Trinajstić information content (AvgIpc) is 3.01. The molecule has 264 valence electrons. The first kappa shape index (κ1) is 56.2. The largest absolute Gasteiger partial charge is 1.00 e. The van der Waals surface area contributed by atoms with E-state index in [1.165, 1.54) is 0 Å². The minimum Gasteiger partial charge on any atom is -0.907 e. The molecule has 4 aromatic rings. The molecule has 27 heteroatoms. The van der Waals surface area contributed by atoms with Gasteiger partial charge in [0, 0.05) is 24.3 Å². The van der Waals surface area contributed by atoms with Crippen molar-refractivity contribution in [2.75, 3.05) is 0 Å². The van der Waals surface area contributed by atoms with Crippen LogP contribution >= 0.6 is 0 Å². The molecule has 0 aliphatic rings. The van der Waals surface area contributed by atoms with Crippen molar-refractivity contribution in [1.29, 1.82) is 0 Å². The predicted octanol–water partition coefficient (Wildman–Crippen LogP) is -3.41. The molecule has 0 saturated carbocycles. The normalized spacial score (nSPS) is 9.39. The second-order valence-electron chi connectivity index (χ2n) is 7.42. The van der Waals surface area contributed by atoms with Gasteiger partial charge >= 0.3 is 88.7 Å². The molecule has 4 rings (SSSR count). The van der Waals surface area contributed by atoms with Crippen molar-refractivity contribution >= 4 is 7.32 Å². The fraction of sp³-hybridized carbons (Fsp3) is 0. The van der Waals surface area contributed by atoms with Crippen LogP contribution in [0.4, 0.5) is 87.8 Å². The Morgan fingerprint density at radius 3 is 0.392 bits per heavy atom. The minimum absolute atomic E-state index is 0. The summed E-state index contributed by atoms with van der Waals surface area (Å²) in [5, 5.41) is 25.2. The van der Waals surface area contributed by atoms with E-state index >= 15 is 0 Å². The Morgan fingerprint density at radius 1 is 0.235 bits per heavy atom. The maximum Gasteiger partial charge on any atom is 1.00 e. The molecule has 4 aromatic carbocycles. The van der Waals surface area contributed by atoms with E-state index in [1.807, 2.05) is 0 Å². The molecule has 0 aliphatic carbocycles. The quantitative estimate of drug-likeness (QED) is 0.0808. The molecule has 0 amide bonds. The second kappa shape index (κ2) is 25.4. The third-order valence-electron chi connectivity index (χ3n) is 4.23. The van der Waals surface area contributed by atoms with Gasteiger partial charge in [0.2, 0.25) is 23.3 Å². The molecule has 0 atom stereocenters. The maximum absolute atomic E-state index is 12.0. The maximum atomic E-state index is 12.0. The molecule has 0 spiro atoms. The zero-order valence-corrected chi connectivity index (χ0v) is 30.7. The Morgan fingerprint density at radius 2 is 0.314 bits per heavy atom. The number of rotatable bonds is 0. The van der Waals surface area contributed by atoms with Crippen LogP contribution in [-0.2, 0) is 0 Å². The number of benzene rings is 4. The molecule has 51 heavy (non-hydrogen) atoms. The van der Waals surface area contributed by atoms with E-state index in [0.29, 0.717) is 0 Å². The molecule has 0 radical (unpaired) electrons.